The fourth-order valence-electron chi connectivity index (χ4n) is 1.92. The summed E-state index contributed by atoms with van der Waals surface area (Å²) in [5, 5.41) is 3.33. The number of nitrogens with two attached hydrogens (primary N) is 1. The highest BCUT2D eigenvalue weighted by Crippen LogP contribution is 2.14. The molecule has 0 aromatic carbocycles. The van der Waals surface area contributed by atoms with Crippen LogP contribution in [0.1, 0.15) is 45.9 Å². The summed E-state index contributed by atoms with van der Waals surface area (Å²) < 4.78 is 0. The highest BCUT2D eigenvalue weighted by Gasteiger charge is 2.06. The molecule has 0 saturated heterocycles. The third-order valence-corrected chi connectivity index (χ3v) is 3.00. The van der Waals surface area contributed by atoms with Crippen molar-refractivity contribution in [1.29, 1.82) is 0 Å². The van der Waals surface area contributed by atoms with Crippen molar-refractivity contribution in [3.63, 3.8) is 0 Å². The van der Waals surface area contributed by atoms with Crippen molar-refractivity contribution in [1.82, 2.24) is 14.9 Å². The number of aromatic nitrogens is 2. The topological polar surface area (TPSA) is 67.1 Å². The summed E-state index contributed by atoms with van der Waals surface area (Å²) in [5.41, 5.74) is 5.80. The molecule has 0 atom stereocenters. The number of anilines is 2. The Kier molecular flexibility index (Phi) is 6.56. The van der Waals surface area contributed by atoms with Crippen LogP contribution in [0.3, 0.4) is 0 Å². The third-order valence-electron chi connectivity index (χ3n) is 3.00. The largest absolute Gasteiger partial charge is 0.384 e. The van der Waals surface area contributed by atoms with Crippen LogP contribution in [-0.4, -0.2) is 41.0 Å². The fourth-order valence-corrected chi connectivity index (χ4v) is 1.92. The molecule has 1 aromatic heterocycles. The second-order valence-corrected chi connectivity index (χ2v) is 5.05. The van der Waals surface area contributed by atoms with Crippen molar-refractivity contribution in [2.24, 2.45) is 0 Å². The van der Waals surface area contributed by atoms with Gasteiger partial charge < -0.3 is 16.0 Å². The van der Waals surface area contributed by atoms with E-state index in [4.69, 9.17) is 5.73 Å². The molecule has 0 spiro atoms. The van der Waals surface area contributed by atoms with Crippen molar-refractivity contribution in [3.8, 4) is 0 Å². The van der Waals surface area contributed by atoms with Gasteiger partial charge in [0.05, 0.1) is 0 Å². The lowest BCUT2D eigenvalue weighted by Gasteiger charge is -2.19. The minimum atomic E-state index is 0.288. The van der Waals surface area contributed by atoms with Crippen LogP contribution in [-0.2, 0) is 0 Å². The summed E-state index contributed by atoms with van der Waals surface area (Å²) in [6.07, 6.45) is 1.19. The molecule has 1 aromatic rings. The van der Waals surface area contributed by atoms with E-state index in [0.717, 1.165) is 37.8 Å². The maximum Gasteiger partial charge on any atom is 0.135 e. The minimum absolute atomic E-state index is 0.288. The van der Waals surface area contributed by atoms with Crippen LogP contribution in [0, 0.1) is 0 Å². The van der Waals surface area contributed by atoms with Gasteiger partial charge in [0, 0.05) is 25.1 Å². The molecule has 0 fully saturated rings. The Morgan fingerprint density at radius 1 is 1.26 bits per heavy atom. The number of hydrogen-bond acceptors (Lipinski definition) is 5. The molecule has 5 heteroatoms. The van der Waals surface area contributed by atoms with Gasteiger partial charge in [-0.2, -0.15) is 0 Å². The van der Waals surface area contributed by atoms with Gasteiger partial charge in [0.25, 0.3) is 0 Å². The Morgan fingerprint density at radius 2 is 2.00 bits per heavy atom. The summed E-state index contributed by atoms with van der Waals surface area (Å²) in [5.74, 6) is 2.44. The van der Waals surface area contributed by atoms with E-state index in [-0.39, 0.29) is 5.92 Å². The first-order valence-corrected chi connectivity index (χ1v) is 7.17. The van der Waals surface area contributed by atoms with Crippen LogP contribution < -0.4 is 11.1 Å². The van der Waals surface area contributed by atoms with Gasteiger partial charge in [-0.05, 0) is 19.5 Å². The van der Waals surface area contributed by atoms with E-state index >= 15 is 0 Å². The van der Waals surface area contributed by atoms with E-state index in [1.807, 2.05) is 0 Å². The summed E-state index contributed by atoms with van der Waals surface area (Å²) in [6, 6.07) is 1.79. The number of rotatable bonds is 8. The number of nitrogen functional groups attached to an aromatic ring is 1. The second kappa shape index (κ2) is 7.94. The molecule has 108 valence electrons. The molecule has 0 unspecified atom stereocenters. The SMILES string of the molecule is CCCN(CC)CCNc1cc(N)nc(C(C)C)n1. The van der Waals surface area contributed by atoms with Crippen LogP contribution in [0.2, 0.25) is 0 Å². The average molecular weight is 265 g/mol. The molecule has 0 aliphatic heterocycles. The van der Waals surface area contributed by atoms with E-state index in [9.17, 15) is 0 Å². The van der Waals surface area contributed by atoms with Gasteiger partial charge in [-0.1, -0.05) is 27.7 Å². The first-order chi connectivity index (χ1) is 9.06. The molecule has 0 amide bonds. The van der Waals surface area contributed by atoms with Gasteiger partial charge in [0.1, 0.15) is 17.5 Å². The van der Waals surface area contributed by atoms with E-state index < -0.39 is 0 Å². The molecular weight excluding hydrogens is 238 g/mol. The van der Waals surface area contributed by atoms with Gasteiger partial charge in [-0.15, -0.1) is 0 Å². The van der Waals surface area contributed by atoms with Gasteiger partial charge in [0.15, 0.2) is 0 Å². The van der Waals surface area contributed by atoms with Gasteiger partial charge >= 0.3 is 0 Å². The van der Waals surface area contributed by atoms with Gasteiger partial charge in [-0.25, -0.2) is 9.97 Å². The Labute approximate surface area is 116 Å². The predicted octanol–water partition coefficient (Wildman–Crippen LogP) is 2.33. The number of nitrogens with one attached hydrogen (secondary N) is 1. The van der Waals surface area contributed by atoms with Crippen LogP contribution in [0.4, 0.5) is 11.6 Å². The zero-order valence-electron chi connectivity index (χ0n) is 12.6. The Hall–Kier alpha value is -1.36. The monoisotopic (exact) mass is 265 g/mol. The number of nitrogens with zero attached hydrogens (tertiary/aromatic N) is 3. The number of hydrogen-bond donors (Lipinski definition) is 2. The summed E-state index contributed by atoms with van der Waals surface area (Å²) in [6.45, 7) is 12.6. The van der Waals surface area contributed by atoms with Crippen LogP contribution in [0.5, 0.6) is 0 Å². The Balaban J connectivity index is 2.53. The molecular formula is C14H27N5. The van der Waals surface area contributed by atoms with E-state index in [2.05, 4.69) is 47.9 Å². The fraction of sp³-hybridized carbons (Fsp3) is 0.714. The van der Waals surface area contributed by atoms with Crippen molar-refractivity contribution in [3.05, 3.63) is 11.9 Å². The van der Waals surface area contributed by atoms with Crippen molar-refractivity contribution in [2.45, 2.75) is 40.0 Å². The van der Waals surface area contributed by atoms with Crippen LogP contribution in [0.15, 0.2) is 6.07 Å². The molecule has 0 bridgehead atoms. The lowest BCUT2D eigenvalue weighted by Crippen LogP contribution is -2.29. The van der Waals surface area contributed by atoms with E-state index in [1.165, 1.54) is 6.42 Å². The quantitative estimate of drug-likeness (QED) is 0.755. The predicted molar refractivity (Wildman–Crippen MR) is 81.4 cm³/mol. The maximum absolute atomic E-state index is 5.80. The molecule has 5 nitrogen and oxygen atoms in total. The van der Waals surface area contributed by atoms with Crippen LogP contribution in [0.25, 0.3) is 0 Å². The molecule has 0 radical (unpaired) electrons. The lowest BCUT2D eigenvalue weighted by molar-refractivity contribution is 0.300. The molecule has 0 aliphatic rings. The molecule has 1 heterocycles. The van der Waals surface area contributed by atoms with E-state index in [1.54, 1.807) is 6.07 Å². The lowest BCUT2D eigenvalue weighted by atomic mass is 10.2. The first-order valence-electron chi connectivity index (χ1n) is 7.17. The first kappa shape index (κ1) is 15.7. The highest BCUT2D eigenvalue weighted by molar-refractivity contribution is 5.44. The molecule has 0 saturated carbocycles. The summed E-state index contributed by atoms with van der Waals surface area (Å²) in [4.78, 5) is 11.1. The smallest absolute Gasteiger partial charge is 0.135 e. The Morgan fingerprint density at radius 3 is 2.58 bits per heavy atom. The van der Waals surface area contributed by atoms with Gasteiger partial charge in [-0.3, -0.25) is 0 Å². The van der Waals surface area contributed by atoms with E-state index in [0.29, 0.717) is 5.82 Å². The summed E-state index contributed by atoms with van der Waals surface area (Å²) >= 11 is 0. The zero-order valence-corrected chi connectivity index (χ0v) is 12.6. The molecule has 19 heavy (non-hydrogen) atoms. The highest BCUT2D eigenvalue weighted by atomic mass is 15.1. The molecule has 3 N–H and O–H groups in total. The number of likely N-dealkylation sites (N-methyl/N-ethyl adjacent to an activating group) is 1. The molecule has 1 rings (SSSR count). The third kappa shape index (κ3) is 5.42. The van der Waals surface area contributed by atoms with Gasteiger partial charge in [0.2, 0.25) is 0 Å². The minimum Gasteiger partial charge on any atom is -0.384 e. The standard InChI is InChI=1S/C14H27N5/c1-5-8-19(6-2)9-7-16-13-10-12(15)17-14(18-13)11(3)4/h10-11H,5-9H2,1-4H3,(H3,15,16,17,18). The molecule has 0 aliphatic carbocycles. The normalized spacial score (nSPS) is 11.3. The Bertz CT molecular complexity index is 378. The van der Waals surface area contributed by atoms with Crippen molar-refractivity contribution >= 4 is 11.6 Å². The summed E-state index contributed by atoms with van der Waals surface area (Å²) in [7, 11) is 0. The second-order valence-electron chi connectivity index (χ2n) is 5.05. The average Bonchev–Trinajstić information content (AvgIpc) is 2.37. The van der Waals surface area contributed by atoms with Crippen molar-refractivity contribution < 1.29 is 0 Å². The zero-order chi connectivity index (χ0) is 14.3. The maximum atomic E-state index is 5.80. The van der Waals surface area contributed by atoms with Crippen LogP contribution >= 0.6 is 0 Å². The van der Waals surface area contributed by atoms with Crippen molar-refractivity contribution in [2.75, 3.05) is 37.2 Å².